The molecule has 1 N–H and O–H groups in total. The zero-order valence-corrected chi connectivity index (χ0v) is 17.5. The maximum atomic E-state index is 14.0. The second-order valence-electron chi connectivity index (χ2n) is 8.45. The molecule has 0 aliphatic carbocycles. The van der Waals surface area contributed by atoms with E-state index in [2.05, 4.69) is 15.3 Å². The number of hydrogen-bond donors (Lipinski definition) is 1. The highest BCUT2D eigenvalue weighted by molar-refractivity contribution is 5.90. The molecule has 1 atom stereocenters. The number of aryl methyl sites for hydroxylation is 1. The molecule has 0 unspecified atom stereocenters. The Kier molecular flexibility index (Phi) is 4.76. The lowest BCUT2D eigenvalue weighted by Gasteiger charge is -2.26. The van der Waals surface area contributed by atoms with Crippen molar-refractivity contribution in [2.45, 2.75) is 38.7 Å². The van der Waals surface area contributed by atoms with E-state index in [-0.39, 0.29) is 17.4 Å². The van der Waals surface area contributed by atoms with Gasteiger partial charge in [0.05, 0.1) is 17.6 Å². The molecule has 0 saturated carbocycles. The Balaban J connectivity index is 1.62. The van der Waals surface area contributed by atoms with E-state index >= 15 is 0 Å². The number of halogens is 2. The molecule has 0 spiro atoms. The number of hydrogen-bond acceptors (Lipinski definition) is 4. The number of carbonyl (C=O) groups excluding carboxylic acids is 1. The standard InChI is InChI=1S/C24H24F2N4O/c1-14-8-18(31)9-16-4-3-5-21(23(16)28-14)30-7-6-15-10-19(17-12-27-29(2)13-17)20(24(25)26)11-22(15)30/h3-5,10-14,24,28H,6-9H2,1-2H3/t14-/m1/s1. The number of aromatic nitrogens is 2. The minimum absolute atomic E-state index is 0.0113. The summed E-state index contributed by atoms with van der Waals surface area (Å²) in [6.45, 7) is 2.70. The topological polar surface area (TPSA) is 50.2 Å². The first-order valence-corrected chi connectivity index (χ1v) is 10.5. The molecule has 0 saturated heterocycles. The van der Waals surface area contributed by atoms with Gasteiger partial charge in [-0.2, -0.15) is 5.10 Å². The summed E-state index contributed by atoms with van der Waals surface area (Å²) in [6.07, 6.45) is 2.44. The quantitative estimate of drug-likeness (QED) is 0.643. The van der Waals surface area contributed by atoms with Crippen molar-refractivity contribution in [2.24, 2.45) is 7.05 Å². The molecule has 3 aromatic rings. The maximum Gasteiger partial charge on any atom is 0.264 e. The zero-order valence-electron chi connectivity index (χ0n) is 17.5. The number of alkyl halides is 2. The van der Waals surface area contributed by atoms with Gasteiger partial charge in [0.1, 0.15) is 5.78 Å². The van der Waals surface area contributed by atoms with E-state index in [1.54, 1.807) is 30.2 Å². The first kappa shape index (κ1) is 19.7. The second kappa shape index (κ2) is 7.48. The average molecular weight is 422 g/mol. The maximum absolute atomic E-state index is 14.0. The first-order chi connectivity index (χ1) is 14.9. The van der Waals surface area contributed by atoms with Crippen LogP contribution < -0.4 is 10.2 Å². The highest BCUT2D eigenvalue weighted by atomic mass is 19.3. The zero-order chi connectivity index (χ0) is 21.7. The van der Waals surface area contributed by atoms with E-state index in [9.17, 15) is 13.6 Å². The van der Waals surface area contributed by atoms with E-state index in [1.807, 2.05) is 31.2 Å². The fourth-order valence-electron chi connectivity index (χ4n) is 4.74. The molecule has 31 heavy (non-hydrogen) atoms. The van der Waals surface area contributed by atoms with Crippen molar-refractivity contribution in [3.8, 4) is 11.1 Å². The van der Waals surface area contributed by atoms with Gasteiger partial charge < -0.3 is 10.2 Å². The number of nitrogens with one attached hydrogen (secondary N) is 1. The predicted molar refractivity (Wildman–Crippen MR) is 117 cm³/mol. The largest absolute Gasteiger partial charge is 0.380 e. The van der Waals surface area contributed by atoms with Crippen molar-refractivity contribution in [1.29, 1.82) is 0 Å². The lowest BCUT2D eigenvalue weighted by Crippen LogP contribution is -2.20. The van der Waals surface area contributed by atoms with Crippen molar-refractivity contribution in [1.82, 2.24) is 9.78 Å². The summed E-state index contributed by atoms with van der Waals surface area (Å²) in [6, 6.07) is 9.45. The SMILES string of the molecule is C[C@@H]1CC(=O)Cc2cccc(N3CCc4cc(-c5cnn(C)c5)c(C(F)F)cc43)c2N1. The summed E-state index contributed by atoms with van der Waals surface area (Å²) in [5, 5.41) is 7.63. The Morgan fingerprint density at radius 2 is 2.03 bits per heavy atom. The third-order valence-electron chi connectivity index (χ3n) is 6.13. The Labute approximate surface area is 179 Å². The Bertz CT molecular complexity index is 1170. The van der Waals surface area contributed by atoms with Gasteiger partial charge >= 0.3 is 0 Å². The van der Waals surface area contributed by atoms with Gasteiger partial charge in [-0.3, -0.25) is 9.48 Å². The summed E-state index contributed by atoms with van der Waals surface area (Å²) >= 11 is 0. The molecule has 160 valence electrons. The molecule has 7 heteroatoms. The van der Waals surface area contributed by atoms with Crippen molar-refractivity contribution in [3.63, 3.8) is 0 Å². The molecular weight excluding hydrogens is 398 g/mol. The van der Waals surface area contributed by atoms with Gasteiger partial charge in [0.15, 0.2) is 0 Å². The number of ketones is 1. The van der Waals surface area contributed by atoms with Gasteiger partial charge in [-0.1, -0.05) is 12.1 Å². The summed E-state index contributed by atoms with van der Waals surface area (Å²) in [4.78, 5) is 14.3. The molecule has 5 nitrogen and oxygen atoms in total. The molecule has 0 amide bonds. The number of Topliss-reactive ketones (excluding diaryl/α,β-unsaturated/α-hetero) is 1. The molecular formula is C24H24F2N4O. The van der Waals surface area contributed by atoms with Gasteiger partial charge in [-0.25, -0.2) is 8.78 Å². The average Bonchev–Trinajstić information content (AvgIpc) is 3.29. The van der Waals surface area contributed by atoms with Crippen LogP contribution in [-0.4, -0.2) is 28.2 Å². The number of benzene rings is 2. The highest BCUT2D eigenvalue weighted by Gasteiger charge is 2.29. The highest BCUT2D eigenvalue weighted by Crippen LogP contribution is 2.45. The van der Waals surface area contributed by atoms with Crippen molar-refractivity contribution < 1.29 is 13.6 Å². The Morgan fingerprint density at radius 1 is 1.19 bits per heavy atom. The molecule has 0 radical (unpaired) electrons. The van der Waals surface area contributed by atoms with Crippen LogP contribution in [0.25, 0.3) is 11.1 Å². The lowest BCUT2D eigenvalue weighted by molar-refractivity contribution is -0.118. The Hall–Kier alpha value is -3.22. The molecule has 2 aliphatic rings. The van der Waals surface area contributed by atoms with Crippen LogP contribution in [0.4, 0.5) is 25.8 Å². The van der Waals surface area contributed by atoms with Gasteiger partial charge in [-0.15, -0.1) is 0 Å². The van der Waals surface area contributed by atoms with Crippen LogP contribution in [0.1, 0.15) is 36.5 Å². The van der Waals surface area contributed by atoms with Crippen molar-refractivity contribution in [2.75, 3.05) is 16.8 Å². The van der Waals surface area contributed by atoms with E-state index < -0.39 is 6.43 Å². The number of carbonyl (C=O) groups is 1. The summed E-state index contributed by atoms with van der Waals surface area (Å²) < 4.78 is 29.7. The number of fused-ring (bicyclic) bond motifs is 2. The molecule has 1 aromatic heterocycles. The van der Waals surface area contributed by atoms with E-state index in [0.717, 1.165) is 34.6 Å². The van der Waals surface area contributed by atoms with Crippen LogP contribution in [0.2, 0.25) is 0 Å². The molecule has 5 rings (SSSR count). The van der Waals surface area contributed by atoms with Gasteiger partial charge in [0, 0.05) is 55.5 Å². The minimum Gasteiger partial charge on any atom is -0.380 e. The fraction of sp³-hybridized carbons (Fsp3) is 0.333. The van der Waals surface area contributed by atoms with Crippen LogP contribution in [0.15, 0.2) is 42.7 Å². The van der Waals surface area contributed by atoms with Gasteiger partial charge in [0.25, 0.3) is 6.43 Å². The summed E-state index contributed by atoms with van der Waals surface area (Å²) in [7, 11) is 1.78. The lowest BCUT2D eigenvalue weighted by atomic mass is 9.98. The fourth-order valence-corrected chi connectivity index (χ4v) is 4.74. The third kappa shape index (κ3) is 3.48. The van der Waals surface area contributed by atoms with E-state index in [0.29, 0.717) is 30.5 Å². The van der Waals surface area contributed by atoms with E-state index in [4.69, 9.17) is 0 Å². The third-order valence-corrected chi connectivity index (χ3v) is 6.13. The number of anilines is 3. The van der Waals surface area contributed by atoms with Crippen LogP contribution in [-0.2, 0) is 24.7 Å². The minimum atomic E-state index is -2.59. The van der Waals surface area contributed by atoms with E-state index in [1.165, 1.54) is 0 Å². The Morgan fingerprint density at radius 3 is 2.77 bits per heavy atom. The molecule has 2 aromatic carbocycles. The summed E-state index contributed by atoms with van der Waals surface area (Å²) in [5.74, 6) is 0.207. The molecule has 0 bridgehead atoms. The number of rotatable bonds is 3. The number of nitrogens with zero attached hydrogens (tertiary/aromatic N) is 3. The van der Waals surface area contributed by atoms with Gasteiger partial charge in [0.2, 0.25) is 0 Å². The molecule has 3 heterocycles. The van der Waals surface area contributed by atoms with Crippen LogP contribution in [0.3, 0.4) is 0 Å². The van der Waals surface area contributed by atoms with Crippen molar-refractivity contribution >= 4 is 22.8 Å². The summed E-state index contributed by atoms with van der Waals surface area (Å²) in [5.41, 5.74) is 5.92. The molecule has 2 aliphatic heterocycles. The first-order valence-electron chi connectivity index (χ1n) is 10.5. The van der Waals surface area contributed by atoms with Crippen LogP contribution in [0, 0.1) is 0 Å². The number of para-hydroxylation sites is 1. The second-order valence-corrected chi connectivity index (χ2v) is 8.45. The normalized spacial score (nSPS) is 18.0. The monoisotopic (exact) mass is 422 g/mol. The molecule has 0 fully saturated rings. The van der Waals surface area contributed by atoms with Crippen LogP contribution >= 0.6 is 0 Å². The predicted octanol–water partition coefficient (Wildman–Crippen LogP) is 5.03. The van der Waals surface area contributed by atoms with Crippen LogP contribution in [0.5, 0.6) is 0 Å². The van der Waals surface area contributed by atoms with Gasteiger partial charge in [-0.05, 0) is 48.2 Å². The smallest absolute Gasteiger partial charge is 0.264 e. The van der Waals surface area contributed by atoms with Crippen molar-refractivity contribution in [3.05, 3.63) is 59.4 Å².